The number of nitrogens with two attached hydrogens (primary N) is 1. The quantitative estimate of drug-likeness (QED) is 0.674. The number of hydrogen-bond acceptors (Lipinski definition) is 5. The van der Waals surface area contributed by atoms with E-state index in [0.717, 1.165) is 5.56 Å². The smallest absolute Gasteiger partial charge is 0.270 e. The molecule has 19 heavy (non-hydrogen) atoms. The van der Waals surface area contributed by atoms with E-state index in [4.69, 9.17) is 5.73 Å². The second-order valence-corrected chi connectivity index (χ2v) is 4.16. The minimum Gasteiger partial charge on any atom is -0.383 e. The van der Waals surface area contributed by atoms with Crippen molar-refractivity contribution >= 4 is 11.5 Å². The molecule has 0 saturated heterocycles. The van der Waals surface area contributed by atoms with Crippen LogP contribution in [-0.4, -0.2) is 14.9 Å². The number of nitrogens with zero attached hydrogens (tertiary/aromatic N) is 3. The molecule has 2 N–H and O–H groups in total. The third kappa shape index (κ3) is 2.52. The SMILES string of the molecule is CCc1nc(N)c(C)c(-c2cccc([N+](=O)[O-])c2)n1. The van der Waals surface area contributed by atoms with Gasteiger partial charge in [0.05, 0.1) is 10.6 Å². The van der Waals surface area contributed by atoms with Crippen LogP contribution in [0.5, 0.6) is 0 Å². The van der Waals surface area contributed by atoms with Gasteiger partial charge in [0, 0.05) is 29.7 Å². The van der Waals surface area contributed by atoms with Crippen molar-refractivity contribution in [1.82, 2.24) is 9.97 Å². The number of aromatic nitrogens is 2. The summed E-state index contributed by atoms with van der Waals surface area (Å²) in [6, 6.07) is 6.36. The van der Waals surface area contributed by atoms with E-state index in [1.165, 1.54) is 12.1 Å². The van der Waals surface area contributed by atoms with Crippen LogP contribution in [0.1, 0.15) is 18.3 Å². The number of rotatable bonds is 3. The van der Waals surface area contributed by atoms with Crippen LogP contribution in [0.3, 0.4) is 0 Å². The molecule has 0 saturated carbocycles. The van der Waals surface area contributed by atoms with Gasteiger partial charge in [0.25, 0.3) is 5.69 Å². The second-order valence-electron chi connectivity index (χ2n) is 4.16. The Balaban J connectivity index is 2.61. The van der Waals surface area contributed by atoms with Gasteiger partial charge in [0.1, 0.15) is 11.6 Å². The van der Waals surface area contributed by atoms with E-state index < -0.39 is 4.92 Å². The molecule has 1 aromatic carbocycles. The van der Waals surface area contributed by atoms with E-state index in [1.54, 1.807) is 12.1 Å². The Morgan fingerprint density at radius 1 is 1.37 bits per heavy atom. The van der Waals surface area contributed by atoms with E-state index in [1.807, 2.05) is 13.8 Å². The molecule has 6 nitrogen and oxygen atoms in total. The second kappa shape index (κ2) is 5.01. The van der Waals surface area contributed by atoms with Gasteiger partial charge in [-0.15, -0.1) is 0 Å². The average Bonchev–Trinajstić information content (AvgIpc) is 2.41. The lowest BCUT2D eigenvalue weighted by Crippen LogP contribution is -2.04. The van der Waals surface area contributed by atoms with E-state index in [0.29, 0.717) is 29.3 Å². The van der Waals surface area contributed by atoms with E-state index in [-0.39, 0.29) is 5.69 Å². The first-order valence-electron chi connectivity index (χ1n) is 5.90. The number of aryl methyl sites for hydroxylation is 1. The maximum absolute atomic E-state index is 10.8. The fourth-order valence-corrected chi connectivity index (χ4v) is 1.79. The summed E-state index contributed by atoms with van der Waals surface area (Å²) in [4.78, 5) is 19.0. The third-order valence-electron chi connectivity index (χ3n) is 2.88. The van der Waals surface area contributed by atoms with Gasteiger partial charge in [-0.1, -0.05) is 19.1 Å². The number of nitrogen functional groups attached to an aromatic ring is 1. The molecule has 0 aliphatic carbocycles. The van der Waals surface area contributed by atoms with Crippen molar-refractivity contribution in [3.63, 3.8) is 0 Å². The highest BCUT2D eigenvalue weighted by molar-refractivity contribution is 5.69. The number of non-ortho nitro benzene ring substituents is 1. The Morgan fingerprint density at radius 3 is 2.74 bits per heavy atom. The maximum Gasteiger partial charge on any atom is 0.270 e. The van der Waals surface area contributed by atoms with Crippen molar-refractivity contribution in [2.75, 3.05) is 5.73 Å². The summed E-state index contributed by atoms with van der Waals surface area (Å²) in [5.41, 5.74) is 7.94. The van der Waals surface area contributed by atoms with Crippen LogP contribution in [0.25, 0.3) is 11.3 Å². The predicted molar refractivity (Wildman–Crippen MR) is 72.6 cm³/mol. The molecular formula is C13H14N4O2. The normalized spacial score (nSPS) is 10.4. The first-order valence-corrected chi connectivity index (χ1v) is 5.90. The zero-order chi connectivity index (χ0) is 14.0. The summed E-state index contributed by atoms with van der Waals surface area (Å²) in [5.74, 6) is 1.04. The topological polar surface area (TPSA) is 94.9 Å². The highest BCUT2D eigenvalue weighted by atomic mass is 16.6. The Bertz CT molecular complexity index is 641. The van der Waals surface area contributed by atoms with Gasteiger partial charge in [0.2, 0.25) is 0 Å². The molecule has 1 heterocycles. The van der Waals surface area contributed by atoms with Crippen LogP contribution >= 0.6 is 0 Å². The summed E-state index contributed by atoms with van der Waals surface area (Å²) in [6.45, 7) is 3.74. The molecular weight excluding hydrogens is 244 g/mol. The molecule has 0 radical (unpaired) electrons. The molecule has 6 heteroatoms. The number of anilines is 1. The summed E-state index contributed by atoms with van der Waals surface area (Å²) in [7, 11) is 0. The highest BCUT2D eigenvalue weighted by Gasteiger charge is 2.13. The van der Waals surface area contributed by atoms with Crippen LogP contribution in [0, 0.1) is 17.0 Å². The Morgan fingerprint density at radius 2 is 2.11 bits per heavy atom. The third-order valence-corrected chi connectivity index (χ3v) is 2.88. The number of nitro benzene ring substituents is 1. The van der Waals surface area contributed by atoms with Crippen molar-refractivity contribution in [3.05, 3.63) is 45.8 Å². The first-order chi connectivity index (χ1) is 9.02. The molecule has 2 rings (SSSR count). The van der Waals surface area contributed by atoms with Crippen LogP contribution in [0.15, 0.2) is 24.3 Å². The minimum atomic E-state index is -0.426. The number of benzene rings is 1. The molecule has 98 valence electrons. The van der Waals surface area contributed by atoms with Crippen molar-refractivity contribution in [2.24, 2.45) is 0 Å². The van der Waals surface area contributed by atoms with Crippen LogP contribution < -0.4 is 5.73 Å². The van der Waals surface area contributed by atoms with Gasteiger partial charge >= 0.3 is 0 Å². The number of hydrogen-bond donors (Lipinski definition) is 1. The maximum atomic E-state index is 10.8. The first kappa shape index (κ1) is 12.9. The van der Waals surface area contributed by atoms with Crippen molar-refractivity contribution in [1.29, 1.82) is 0 Å². The van der Waals surface area contributed by atoms with E-state index in [2.05, 4.69) is 9.97 Å². The molecule has 0 unspecified atom stereocenters. The standard InChI is InChI=1S/C13H14N4O2/c1-3-11-15-12(8(2)13(14)16-11)9-5-4-6-10(7-9)17(18)19/h4-7H,3H2,1-2H3,(H2,14,15,16). The lowest BCUT2D eigenvalue weighted by Gasteiger charge is -2.09. The van der Waals surface area contributed by atoms with Crippen LogP contribution in [-0.2, 0) is 6.42 Å². The van der Waals surface area contributed by atoms with Gasteiger partial charge in [-0.25, -0.2) is 9.97 Å². The Hall–Kier alpha value is -2.50. The average molecular weight is 258 g/mol. The highest BCUT2D eigenvalue weighted by Crippen LogP contribution is 2.27. The molecule has 0 fully saturated rings. The lowest BCUT2D eigenvalue weighted by molar-refractivity contribution is -0.384. The monoisotopic (exact) mass is 258 g/mol. The lowest BCUT2D eigenvalue weighted by atomic mass is 10.1. The van der Waals surface area contributed by atoms with Gasteiger partial charge in [-0.05, 0) is 6.92 Å². The van der Waals surface area contributed by atoms with Crippen molar-refractivity contribution in [3.8, 4) is 11.3 Å². The molecule has 0 aliphatic heterocycles. The zero-order valence-electron chi connectivity index (χ0n) is 10.8. The van der Waals surface area contributed by atoms with Gasteiger partial charge in [-0.2, -0.15) is 0 Å². The summed E-state index contributed by atoms with van der Waals surface area (Å²) in [6.07, 6.45) is 0.659. The molecule has 0 spiro atoms. The fourth-order valence-electron chi connectivity index (χ4n) is 1.79. The molecule has 2 aromatic rings. The van der Waals surface area contributed by atoms with Crippen molar-refractivity contribution < 1.29 is 4.92 Å². The summed E-state index contributed by atoms with van der Waals surface area (Å²) >= 11 is 0. The van der Waals surface area contributed by atoms with E-state index in [9.17, 15) is 10.1 Å². The van der Waals surface area contributed by atoms with Gasteiger partial charge < -0.3 is 5.73 Å². The minimum absolute atomic E-state index is 0.0344. The predicted octanol–water partition coefficient (Wildman–Crippen LogP) is 2.50. The summed E-state index contributed by atoms with van der Waals surface area (Å²) < 4.78 is 0. The number of nitro groups is 1. The Labute approximate surface area is 110 Å². The van der Waals surface area contributed by atoms with Crippen LogP contribution in [0.4, 0.5) is 11.5 Å². The fraction of sp³-hybridized carbons (Fsp3) is 0.231. The summed E-state index contributed by atoms with van der Waals surface area (Å²) in [5, 5.41) is 10.8. The Kier molecular flexibility index (Phi) is 3.41. The molecule has 1 aromatic heterocycles. The molecule has 0 amide bonds. The largest absolute Gasteiger partial charge is 0.383 e. The van der Waals surface area contributed by atoms with E-state index >= 15 is 0 Å². The van der Waals surface area contributed by atoms with Crippen LogP contribution in [0.2, 0.25) is 0 Å². The van der Waals surface area contributed by atoms with Crippen molar-refractivity contribution in [2.45, 2.75) is 20.3 Å². The van der Waals surface area contributed by atoms with Gasteiger partial charge in [0.15, 0.2) is 0 Å². The van der Waals surface area contributed by atoms with Gasteiger partial charge in [-0.3, -0.25) is 10.1 Å². The molecule has 0 aliphatic rings. The molecule has 0 bridgehead atoms. The zero-order valence-corrected chi connectivity index (χ0v) is 10.8. The molecule has 0 atom stereocenters.